The Morgan fingerprint density at radius 3 is 2.84 bits per heavy atom. The molecule has 0 saturated carbocycles. The van der Waals surface area contributed by atoms with Crippen LogP contribution in [0.15, 0.2) is 27.1 Å². The van der Waals surface area contributed by atoms with Crippen LogP contribution in [0.4, 0.5) is 4.39 Å². The molecule has 0 bridgehead atoms. The van der Waals surface area contributed by atoms with Crippen LogP contribution in [0.5, 0.6) is 0 Å². The Morgan fingerprint density at radius 1 is 1.47 bits per heavy atom. The predicted molar refractivity (Wildman–Crippen MR) is 71.2 cm³/mol. The minimum absolute atomic E-state index is 0.163. The number of amides is 1. The molecule has 0 aliphatic carbocycles. The largest absolute Gasteiger partial charge is 0.444 e. The SMILES string of the molecule is Cc1nc(CNC(=O)c2cc(F)ccc2Br)oc1C. The van der Waals surface area contributed by atoms with Gasteiger partial charge < -0.3 is 9.73 Å². The van der Waals surface area contributed by atoms with Gasteiger partial charge in [-0.15, -0.1) is 0 Å². The fourth-order valence-corrected chi connectivity index (χ4v) is 1.96. The van der Waals surface area contributed by atoms with Crippen molar-refractivity contribution in [3.05, 3.63) is 51.4 Å². The van der Waals surface area contributed by atoms with Gasteiger partial charge in [0.2, 0.25) is 5.89 Å². The first-order valence-corrected chi connectivity index (χ1v) is 6.43. The number of nitrogens with one attached hydrogen (secondary N) is 1. The monoisotopic (exact) mass is 326 g/mol. The first-order valence-electron chi connectivity index (χ1n) is 5.63. The smallest absolute Gasteiger partial charge is 0.252 e. The van der Waals surface area contributed by atoms with Gasteiger partial charge in [-0.3, -0.25) is 4.79 Å². The molecule has 0 aliphatic rings. The van der Waals surface area contributed by atoms with Crippen LogP contribution in [0, 0.1) is 19.7 Å². The topological polar surface area (TPSA) is 55.1 Å². The van der Waals surface area contributed by atoms with Gasteiger partial charge >= 0.3 is 0 Å². The average molecular weight is 327 g/mol. The van der Waals surface area contributed by atoms with Gasteiger partial charge in [-0.25, -0.2) is 9.37 Å². The molecule has 1 aromatic heterocycles. The highest BCUT2D eigenvalue weighted by molar-refractivity contribution is 9.10. The fraction of sp³-hybridized carbons (Fsp3) is 0.231. The first-order chi connectivity index (χ1) is 8.97. The summed E-state index contributed by atoms with van der Waals surface area (Å²) in [4.78, 5) is 16.1. The standard InChI is InChI=1S/C13H12BrFN2O2/c1-7-8(2)19-12(17-7)6-16-13(18)10-5-9(15)3-4-11(10)14/h3-5H,6H2,1-2H3,(H,16,18). The maximum absolute atomic E-state index is 13.1. The quantitative estimate of drug-likeness (QED) is 0.942. The molecule has 0 fully saturated rings. The first kappa shape index (κ1) is 13.7. The summed E-state index contributed by atoms with van der Waals surface area (Å²) in [6, 6.07) is 3.94. The van der Waals surface area contributed by atoms with Crippen molar-refractivity contribution in [2.75, 3.05) is 0 Å². The van der Waals surface area contributed by atoms with E-state index in [-0.39, 0.29) is 18.0 Å². The van der Waals surface area contributed by atoms with Gasteiger partial charge in [-0.2, -0.15) is 0 Å². The van der Waals surface area contributed by atoms with Crippen LogP contribution in [0.2, 0.25) is 0 Å². The molecule has 1 heterocycles. The van der Waals surface area contributed by atoms with Crippen LogP contribution in [-0.4, -0.2) is 10.9 Å². The number of rotatable bonds is 3. The minimum atomic E-state index is -0.462. The molecule has 0 spiro atoms. The lowest BCUT2D eigenvalue weighted by atomic mass is 10.2. The molecule has 2 rings (SSSR count). The maximum atomic E-state index is 13.1. The molecular weight excluding hydrogens is 315 g/mol. The van der Waals surface area contributed by atoms with E-state index in [0.717, 1.165) is 11.5 Å². The number of oxazole rings is 1. The minimum Gasteiger partial charge on any atom is -0.444 e. The van der Waals surface area contributed by atoms with Crippen molar-refractivity contribution in [2.24, 2.45) is 0 Å². The van der Waals surface area contributed by atoms with Gasteiger partial charge in [0.05, 0.1) is 17.8 Å². The van der Waals surface area contributed by atoms with Gasteiger partial charge in [-0.05, 0) is 48.0 Å². The Kier molecular flexibility index (Phi) is 3.99. The molecule has 0 atom stereocenters. The molecule has 1 amide bonds. The summed E-state index contributed by atoms with van der Waals surface area (Å²) in [5.74, 6) is 0.295. The van der Waals surface area contributed by atoms with Gasteiger partial charge in [0, 0.05) is 4.47 Å². The van der Waals surface area contributed by atoms with Crippen molar-refractivity contribution in [2.45, 2.75) is 20.4 Å². The summed E-state index contributed by atoms with van der Waals surface area (Å²) in [5.41, 5.74) is 1.02. The number of aryl methyl sites for hydroxylation is 2. The van der Waals surface area contributed by atoms with Crippen molar-refractivity contribution in [3.8, 4) is 0 Å². The zero-order chi connectivity index (χ0) is 14.0. The molecule has 0 aliphatic heterocycles. The zero-order valence-electron chi connectivity index (χ0n) is 10.5. The second-order valence-electron chi connectivity index (χ2n) is 4.06. The zero-order valence-corrected chi connectivity index (χ0v) is 12.0. The van der Waals surface area contributed by atoms with Crippen LogP contribution in [0.3, 0.4) is 0 Å². The number of hydrogen-bond donors (Lipinski definition) is 1. The number of aromatic nitrogens is 1. The number of benzene rings is 1. The number of nitrogens with zero attached hydrogens (tertiary/aromatic N) is 1. The van der Waals surface area contributed by atoms with Gasteiger partial charge in [0.1, 0.15) is 11.6 Å². The summed E-state index contributed by atoms with van der Waals surface area (Å²) >= 11 is 3.21. The molecule has 4 nitrogen and oxygen atoms in total. The highest BCUT2D eigenvalue weighted by atomic mass is 79.9. The van der Waals surface area contributed by atoms with Crippen molar-refractivity contribution in [1.29, 1.82) is 0 Å². The van der Waals surface area contributed by atoms with Crippen molar-refractivity contribution >= 4 is 21.8 Å². The lowest BCUT2D eigenvalue weighted by Crippen LogP contribution is -2.23. The average Bonchev–Trinajstić information content (AvgIpc) is 2.69. The van der Waals surface area contributed by atoms with E-state index in [2.05, 4.69) is 26.2 Å². The molecule has 0 radical (unpaired) electrons. The summed E-state index contributed by atoms with van der Waals surface area (Å²) in [6.07, 6.45) is 0. The van der Waals surface area contributed by atoms with Crippen LogP contribution in [0.25, 0.3) is 0 Å². The predicted octanol–water partition coefficient (Wildman–Crippen LogP) is 3.12. The van der Waals surface area contributed by atoms with Crippen molar-refractivity contribution in [3.63, 3.8) is 0 Å². The lowest BCUT2D eigenvalue weighted by molar-refractivity contribution is 0.0946. The molecule has 1 N–H and O–H groups in total. The molecular formula is C13H12BrFN2O2. The summed E-state index contributed by atoms with van der Waals surface area (Å²) < 4.78 is 19.0. The number of halogens is 2. The Morgan fingerprint density at radius 2 is 2.21 bits per heavy atom. The van der Waals surface area contributed by atoms with Gasteiger partial charge in [0.25, 0.3) is 5.91 Å². The Balaban J connectivity index is 2.07. The third-order valence-electron chi connectivity index (χ3n) is 2.65. The molecule has 19 heavy (non-hydrogen) atoms. The fourth-order valence-electron chi connectivity index (χ4n) is 1.54. The van der Waals surface area contributed by atoms with Crippen LogP contribution in [0.1, 0.15) is 27.7 Å². The summed E-state index contributed by atoms with van der Waals surface area (Å²) in [5, 5.41) is 2.63. The van der Waals surface area contributed by atoms with E-state index in [0.29, 0.717) is 10.4 Å². The summed E-state index contributed by atoms with van der Waals surface area (Å²) in [7, 11) is 0. The highest BCUT2D eigenvalue weighted by Crippen LogP contribution is 2.18. The maximum Gasteiger partial charge on any atom is 0.252 e. The van der Waals surface area contributed by atoms with Crippen LogP contribution in [-0.2, 0) is 6.54 Å². The molecule has 2 aromatic rings. The van der Waals surface area contributed by atoms with E-state index in [9.17, 15) is 9.18 Å². The van der Waals surface area contributed by atoms with Gasteiger partial charge in [0.15, 0.2) is 0 Å². The van der Waals surface area contributed by atoms with E-state index in [1.54, 1.807) is 6.92 Å². The van der Waals surface area contributed by atoms with E-state index in [4.69, 9.17) is 4.42 Å². The number of carbonyl (C=O) groups is 1. The van der Waals surface area contributed by atoms with Crippen LogP contribution >= 0.6 is 15.9 Å². The number of carbonyl (C=O) groups excluding carboxylic acids is 1. The van der Waals surface area contributed by atoms with Crippen molar-refractivity contribution < 1.29 is 13.6 Å². The Labute approximate surface area is 118 Å². The second-order valence-corrected chi connectivity index (χ2v) is 4.91. The Bertz CT molecular complexity index is 606. The van der Waals surface area contributed by atoms with Crippen molar-refractivity contribution in [1.82, 2.24) is 10.3 Å². The van der Waals surface area contributed by atoms with E-state index < -0.39 is 5.82 Å². The van der Waals surface area contributed by atoms with Gasteiger partial charge in [-0.1, -0.05) is 0 Å². The van der Waals surface area contributed by atoms with E-state index in [1.165, 1.54) is 18.2 Å². The molecule has 6 heteroatoms. The second kappa shape index (κ2) is 5.52. The molecule has 1 aromatic carbocycles. The van der Waals surface area contributed by atoms with E-state index in [1.807, 2.05) is 6.92 Å². The molecule has 0 saturated heterocycles. The molecule has 0 unspecified atom stereocenters. The Hall–Kier alpha value is -1.69. The normalized spacial score (nSPS) is 10.5. The molecule has 100 valence electrons. The third-order valence-corrected chi connectivity index (χ3v) is 3.34. The summed E-state index contributed by atoms with van der Waals surface area (Å²) in [6.45, 7) is 3.79. The lowest BCUT2D eigenvalue weighted by Gasteiger charge is -2.05. The van der Waals surface area contributed by atoms with Crippen LogP contribution < -0.4 is 5.32 Å². The number of hydrogen-bond acceptors (Lipinski definition) is 3. The van der Waals surface area contributed by atoms with E-state index >= 15 is 0 Å². The third kappa shape index (κ3) is 3.20. The highest BCUT2D eigenvalue weighted by Gasteiger charge is 2.12.